The maximum atomic E-state index is 12.5. The lowest BCUT2D eigenvalue weighted by atomic mass is 10.0. The van der Waals surface area contributed by atoms with Crippen LogP contribution < -0.4 is 15.4 Å². The summed E-state index contributed by atoms with van der Waals surface area (Å²) in [4.78, 5) is 12.5. The predicted octanol–water partition coefficient (Wildman–Crippen LogP) is 2.98. The summed E-state index contributed by atoms with van der Waals surface area (Å²) in [6.45, 7) is 4.31. The number of carbonyl (C=O) groups excluding carboxylic acids is 1. The Morgan fingerprint density at radius 2 is 2.09 bits per heavy atom. The first-order chi connectivity index (χ1) is 10.8. The minimum absolute atomic E-state index is 0.146. The summed E-state index contributed by atoms with van der Waals surface area (Å²) in [5.41, 5.74) is 3.98. The summed E-state index contributed by atoms with van der Waals surface area (Å²) in [6, 6.07) is 13.4. The Morgan fingerprint density at radius 3 is 2.95 bits per heavy atom. The molecule has 0 unspecified atom stereocenters. The van der Waals surface area contributed by atoms with Crippen LogP contribution in [0.5, 0.6) is 5.75 Å². The molecule has 0 bridgehead atoms. The molecule has 0 atom stereocenters. The fraction of sp³-hybridized carbons (Fsp3) is 0.278. The van der Waals surface area contributed by atoms with Crippen LogP contribution in [0.2, 0.25) is 0 Å². The lowest BCUT2D eigenvalue weighted by Gasteiger charge is -2.18. The molecule has 1 amide bonds. The van der Waals surface area contributed by atoms with Crippen molar-refractivity contribution in [2.75, 3.05) is 18.5 Å². The van der Waals surface area contributed by atoms with Crippen LogP contribution in [0.15, 0.2) is 42.5 Å². The fourth-order valence-corrected chi connectivity index (χ4v) is 2.69. The molecule has 0 spiro atoms. The molecule has 0 aliphatic carbocycles. The van der Waals surface area contributed by atoms with E-state index in [-0.39, 0.29) is 5.91 Å². The number of benzene rings is 2. The summed E-state index contributed by atoms with van der Waals surface area (Å²) in [7, 11) is 0. The standard InChI is InChI=1S/C18H20N2O2/c1-2-22-17-6-4-3-5-16(17)18(21)20-15-8-7-13-9-10-19-12-14(13)11-15/h3-8,11,19H,2,9-10,12H2,1H3,(H,20,21). The third kappa shape index (κ3) is 3.12. The average molecular weight is 296 g/mol. The molecule has 4 nitrogen and oxygen atoms in total. The molecule has 2 aromatic carbocycles. The number of para-hydroxylation sites is 1. The van der Waals surface area contributed by atoms with Gasteiger partial charge in [0.1, 0.15) is 5.75 Å². The third-order valence-corrected chi connectivity index (χ3v) is 3.78. The van der Waals surface area contributed by atoms with Gasteiger partial charge in [0.05, 0.1) is 12.2 Å². The zero-order valence-electron chi connectivity index (χ0n) is 12.7. The van der Waals surface area contributed by atoms with E-state index >= 15 is 0 Å². The van der Waals surface area contributed by atoms with Crippen molar-refractivity contribution in [2.45, 2.75) is 19.9 Å². The van der Waals surface area contributed by atoms with Gasteiger partial charge in [0.15, 0.2) is 0 Å². The van der Waals surface area contributed by atoms with E-state index in [9.17, 15) is 4.79 Å². The number of hydrogen-bond acceptors (Lipinski definition) is 3. The zero-order chi connectivity index (χ0) is 15.4. The molecule has 114 valence electrons. The number of carbonyl (C=O) groups is 1. The van der Waals surface area contributed by atoms with Gasteiger partial charge in [0.2, 0.25) is 0 Å². The van der Waals surface area contributed by atoms with Gasteiger partial charge in [-0.25, -0.2) is 0 Å². The van der Waals surface area contributed by atoms with E-state index in [0.717, 1.165) is 25.2 Å². The zero-order valence-corrected chi connectivity index (χ0v) is 12.7. The maximum Gasteiger partial charge on any atom is 0.259 e. The van der Waals surface area contributed by atoms with Gasteiger partial charge in [0.25, 0.3) is 5.91 Å². The molecule has 1 aliphatic rings. The van der Waals surface area contributed by atoms with Crippen molar-refractivity contribution >= 4 is 11.6 Å². The van der Waals surface area contributed by atoms with Crippen LogP contribution in [-0.2, 0) is 13.0 Å². The van der Waals surface area contributed by atoms with E-state index in [4.69, 9.17) is 4.74 Å². The molecule has 1 heterocycles. The van der Waals surface area contributed by atoms with Crippen molar-refractivity contribution in [1.82, 2.24) is 5.32 Å². The number of nitrogens with one attached hydrogen (secondary N) is 2. The second kappa shape index (κ2) is 6.62. The molecule has 2 aromatic rings. The van der Waals surface area contributed by atoms with E-state index < -0.39 is 0 Å². The smallest absolute Gasteiger partial charge is 0.259 e. The highest BCUT2D eigenvalue weighted by molar-refractivity contribution is 6.06. The van der Waals surface area contributed by atoms with Crippen molar-refractivity contribution in [3.63, 3.8) is 0 Å². The van der Waals surface area contributed by atoms with Crippen LogP contribution >= 0.6 is 0 Å². The Kier molecular flexibility index (Phi) is 4.39. The van der Waals surface area contributed by atoms with Crippen LogP contribution in [-0.4, -0.2) is 19.1 Å². The van der Waals surface area contributed by atoms with E-state index in [1.165, 1.54) is 11.1 Å². The average Bonchev–Trinajstić information content (AvgIpc) is 2.55. The summed E-state index contributed by atoms with van der Waals surface area (Å²) >= 11 is 0. The minimum Gasteiger partial charge on any atom is -0.493 e. The predicted molar refractivity (Wildman–Crippen MR) is 87.4 cm³/mol. The van der Waals surface area contributed by atoms with E-state index in [1.54, 1.807) is 6.07 Å². The third-order valence-electron chi connectivity index (χ3n) is 3.78. The molecular formula is C18H20N2O2. The lowest BCUT2D eigenvalue weighted by Crippen LogP contribution is -2.23. The van der Waals surface area contributed by atoms with Crippen molar-refractivity contribution in [3.8, 4) is 5.75 Å². The van der Waals surface area contributed by atoms with E-state index in [1.807, 2.05) is 37.3 Å². The fourth-order valence-electron chi connectivity index (χ4n) is 2.69. The largest absolute Gasteiger partial charge is 0.493 e. The van der Waals surface area contributed by atoms with Crippen LogP contribution in [0.4, 0.5) is 5.69 Å². The first kappa shape index (κ1) is 14.6. The molecule has 0 saturated carbocycles. The Balaban J connectivity index is 1.80. The molecule has 0 fully saturated rings. The molecule has 0 radical (unpaired) electrons. The quantitative estimate of drug-likeness (QED) is 0.912. The van der Waals surface area contributed by atoms with Gasteiger partial charge >= 0.3 is 0 Å². The molecule has 1 aliphatic heterocycles. The van der Waals surface area contributed by atoms with Gasteiger partial charge in [-0.05, 0) is 55.3 Å². The van der Waals surface area contributed by atoms with Gasteiger partial charge in [-0.3, -0.25) is 4.79 Å². The Bertz CT molecular complexity index is 683. The van der Waals surface area contributed by atoms with Gasteiger partial charge in [0, 0.05) is 12.2 Å². The summed E-state index contributed by atoms with van der Waals surface area (Å²) in [5.74, 6) is 0.467. The van der Waals surface area contributed by atoms with Gasteiger partial charge in [-0.1, -0.05) is 18.2 Å². The molecule has 2 N–H and O–H groups in total. The minimum atomic E-state index is -0.146. The Morgan fingerprint density at radius 1 is 1.23 bits per heavy atom. The summed E-state index contributed by atoms with van der Waals surface area (Å²) < 4.78 is 5.52. The number of anilines is 1. The highest BCUT2D eigenvalue weighted by Gasteiger charge is 2.14. The van der Waals surface area contributed by atoms with Gasteiger partial charge in [-0.15, -0.1) is 0 Å². The Labute approximate surface area is 130 Å². The second-order valence-corrected chi connectivity index (χ2v) is 5.29. The molecule has 0 saturated heterocycles. The first-order valence-corrected chi connectivity index (χ1v) is 7.63. The van der Waals surface area contributed by atoms with E-state index in [0.29, 0.717) is 17.9 Å². The van der Waals surface area contributed by atoms with Crippen LogP contribution in [0.25, 0.3) is 0 Å². The summed E-state index contributed by atoms with van der Waals surface area (Å²) in [5, 5.41) is 6.31. The first-order valence-electron chi connectivity index (χ1n) is 7.63. The molecule has 3 rings (SSSR count). The number of amides is 1. The van der Waals surface area contributed by atoms with E-state index in [2.05, 4.69) is 16.7 Å². The Hall–Kier alpha value is -2.33. The molecule has 22 heavy (non-hydrogen) atoms. The normalized spacial score (nSPS) is 13.3. The van der Waals surface area contributed by atoms with Gasteiger partial charge in [-0.2, -0.15) is 0 Å². The van der Waals surface area contributed by atoms with Crippen molar-refractivity contribution < 1.29 is 9.53 Å². The highest BCUT2D eigenvalue weighted by atomic mass is 16.5. The molecule has 0 aromatic heterocycles. The molecule has 4 heteroatoms. The monoisotopic (exact) mass is 296 g/mol. The number of rotatable bonds is 4. The van der Waals surface area contributed by atoms with Crippen molar-refractivity contribution in [1.29, 1.82) is 0 Å². The number of fused-ring (bicyclic) bond motifs is 1. The van der Waals surface area contributed by atoms with Crippen LogP contribution in [0, 0.1) is 0 Å². The summed E-state index contributed by atoms with van der Waals surface area (Å²) in [6.07, 6.45) is 1.04. The van der Waals surface area contributed by atoms with Crippen molar-refractivity contribution in [2.24, 2.45) is 0 Å². The lowest BCUT2D eigenvalue weighted by molar-refractivity contribution is 0.102. The molecular weight excluding hydrogens is 276 g/mol. The highest BCUT2D eigenvalue weighted by Crippen LogP contribution is 2.22. The number of ether oxygens (including phenoxy) is 1. The topological polar surface area (TPSA) is 50.4 Å². The van der Waals surface area contributed by atoms with Gasteiger partial charge < -0.3 is 15.4 Å². The number of hydrogen-bond donors (Lipinski definition) is 2. The SMILES string of the molecule is CCOc1ccccc1C(=O)Nc1ccc2c(c1)CNCC2. The van der Waals surface area contributed by atoms with Crippen molar-refractivity contribution in [3.05, 3.63) is 59.2 Å². The maximum absolute atomic E-state index is 12.5. The second-order valence-electron chi connectivity index (χ2n) is 5.29. The van der Waals surface area contributed by atoms with Crippen LogP contribution in [0.1, 0.15) is 28.4 Å². The van der Waals surface area contributed by atoms with Crippen LogP contribution in [0.3, 0.4) is 0 Å².